The molecule has 0 aliphatic carbocycles. The van der Waals surface area contributed by atoms with Crippen LogP contribution in [0, 0.1) is 5.82 Å². The normalized spacial score (nSPS) is 14.2. The van der Waals surface area contributed by atoms with Gasteiger partial charge in [0.1, 0.15) is 11.6 Å². The fourth-order valence-electron chi connectivity index (χ4n) is 3.86. The van der Waals surface area contributed by atoms with Crippen molar-refractivity contribution in [1.29, 1.82) is 0 Å². The molecular weight excluding hydrogens is 431 g/mol. The molecule has 162 valence electrons. The van der Waals surface area contributed by atoms with Gasteiger partial charge in [-0.05, 0) is 35.9 Å². The maximum absolute atomic E-state index is 14.3. The summed E-state index contributed by atoms with van der Waals surface area (Å²) in [4.78, 5) is 16.7. The zero-order valence-corrected chi connectivity index (χ0v) is 17.9. The Morgan fingerprint density at radius 1 is 0.938 bits per heavy atom. The molecule has 5 rings (SSSR count). The van der Waals surface area contributed by atoms with Gasteiger partial charge in [-0.3, -0.25) is 4.79 Å². The van der Waals surface area contributed by atoms with Crippen LogP contribution < -0.4 is 4.90 Å². The number of piperazine rings is 1. The fraction of sp³-hybridized carbons (Fsp3) is 0.217. The van der Waals surface area contributed by atoms with Crippen molar-refractivity contribution in [2.24, 2.45) is 0 Å². The van der Waals surface area contributed by atoms with E-state index in [0.717, 1.165) is 11.4 Å². The second-order valence-corrected chi connectivity index (χ2v) is 8.01. The molecule has 1 aliphatic heterocycles. The quantitative estimate of drug-likeness (QED) is 0.476. The molecule has 1 aliphatic rings. The zero-order valence-electron chi connectivity index (χ0n) is 17.2. The number of nitrogens with zero attached hydrogens (tertiary/aromatic N) is 6. The Bertz CT molecular complexity index is 1280. The van der Waals surface area contributed by atoms with E-state index >= 15 is 0 Å². The van der Waals surface area contributed by atoms with Crippen LogP contribution in [-0.2, 0) is 11.2 Å². The molecule has 0 unspecified atom stereocenters. The summed E-state index contributed by atoms with van der Waals surface area (Å²) in [6.07, 6.45) is 0.288. The summed E-state index contributed by atoms with van der Waals surface area (Å²) in [6, 6.07) is 17.5. The number of carbonyl (C=O) groups is 1. The van der Waals surface area contributed by atoms with Crippen molar-refractivity contribution in [3.05, 3.63) is 77.1 Å². The zero-order chi connectivity index (χ0) is 22.1. The van der Waals surface area contributed by atoms with E-state index in [2.05, 4.69) is 20.2 Å². The van der Waals surface area contributed by atoms with Gasteiger partial charge in [0.25, 0.3) is 0 Å². The highest BCUT2D eigenvalue weighted by Crippen LogP contribution is 2.23. The van der Waals surface area contributed by atoms with Gasteiger partial charge >= 0.3 is 0 Å². The van der Waals surface area contributed by atoms with E-state index in [4.69, 9.17) is 11.6 Å². The summed E-state index contributed by atoms with van der Waals surface area (Å²) < 4.78 is 15.8. The molecule has 1 saturated heterocycles. The lowest BCUT2D eigenvalue weighted by molar-refractivity contribution is -0.130. The fourth-order valence-corrected chi connectivity index (χ4v) is 4.06. The molecule has 1 amide bonds. The Hall–Kier alpha value is -3.52. The minimum absolute atomic E-state index is 0.0572. The van der Waals surface area contributed by atoms with Crippen molar-refractivity contribution in [3.8, 4) is 11.4 Å². The molecule has 1 fully saturated rings. The smallest absolute Gasteiger partial charge is 0.227 e. The molecule has 0 N–H and O–H groups in total. The van der Waals surface area contributed by atoms with Crippen molar-refractivity contribution >= 4 is 29.0 Å². The number of halogens is 2. The third-order valence-corrected chi connectivity index (χ3v) is 5.99. The monoisotopic (exact) mass is 450 g/mol. The van der Waals surface area contributed by atoms with E-state index in [1.165, 1.54) is 6.07 Å². The summed E-state index contributed by atoms with van der Waals surface area (Å²) in [5.41, 5.74) is 1.72. The first-order valence-electron chi connectivity index (χ1n) is 10.3. The van der Waals surface area contributed by atoms with Crippen LogP contribution in [0.2, 0.25) is 5.02 Å². The van der Waals surface area contributed by atoms with Crippen molar-refractivity contribution < 1.29 is 9.18 Å². The molecule has 7 nitrogen and oxygen atoms in total. The number of benzene rings is 2. The number of fused-ring (bicyclic) bond motifs is 1. The standard InChI is InChI=1S/C23H20ClFN6O/c24-18-7-3-1-5-16(18)15-22(32)30-13-11-29(12-14-30)21-10-9-20-26-27-23(31(20)28-21)17-6-2-4-8-19(17)25/h1-10H,11-15H2. The number of rotatable bonds is 4. The van der Waals surface area contributed by atoms with Crippen LogP contribution in [0.5, 0.6) is 0 Å². The van der Waals surface area contributed by atoms with Crippen LogP contribution in [0.3, 0.4) is 0 Å². The van der Waals surface area contributed by atoms with Gasteiger partial charge in [-0.1, -0.05) is 41.9 Å². The number of aromatic nitrogens is 4. The summed E-state index contributed by atoms with van der Waals surface area (Å²) >= 11 is 6.19. The third-order valence-electron chi connectivity index (χ3n) is 5.62. The van der Waals surface area contributed by atoms with Gasteiger partial charge in [0, 0.05) is 31.2 Å². The van der Waals surface area contributed by atoms with Crippen LogP contribution in [0.15, 0.2) is 60.7 Å². The first-order valence-corrected chi connectivity index (χ1v) is 10.7. The van der Waals surface area contributed by atoms with Gasteiger partial charge in [0.2, 0.25) is 5.91 Å². The van der Waals surface area contributed by atoms with Crippen LogP contribution in [0.25, 0.3) is 17.0 Å². The van der Waals surface area contributed by atoms with E-state index in [1.807, 2.05) is 35.2 Å². The summed E-state index contributed by atoms with van der Waals surface area (Å²) in [5, 5.41) is 13.5. The second kappa shape index (κ2) is 8.55. The van der Waals surface area contributed by atoms with Crippen molar-refractivity contribution in [1.82, 2.24) is 24.7 Å². The Morgan fingerprint density at radius 2 is 1.69 bits per heavy atom. The van der Waals surface area contributed by atoms with E-state index in [-0.39, 0.29) is 18.1 Å². The van der Waals surface area contributed by atoms with Gasteiger partial charge in [0.15, 0.2) is 11.5 Å². The molecule has 32 heavy (non-hydrogen) atoms. The minimum atomic E-state index is -0.375. The molecule has 2 aromatic carbocycles. The number of amides is 1. The molecule has 0 atom stereocenters. The molecule has 3 heterocycles. The van der Waals surface area contributed by atoms with Gasteiger partial charge in [-0.25, -0.2) is 4.39 Å². The highest BCUT2D eigenvalue weighted by atomic mass is 35.5. The van der Waals surface area contributed by atoms with E-state index in [0.29, 0.717) is 48.2 Å². The minimum Gasteiger partial charge on any atom is -0.352 e. The lowest BCUT2D eigenvalue weighted by Crippen LogP contribution is -2.49. The summed E-state index contributed by atoms with van der Waals surface area (Å²) in [6.45, 7) is 2.46. The maximum atomic E-state index is 14.3. The number of hydrogen-bond donors (Lipinski definition) is 0. The SMILES string of the molecule is O=C(Cc1ccccc1Cl)N1CCN(c2ccc3nnc(-c4ccccc4F)n3n2)CC1. The van der Waals surface area contributed by atoms with Crippen LogP contribution >= 0.6 is 11.6 Å². The van der Waals surface area contributed by atoms with Crippen molar-refractivity contribution in [2.75, 3.05) is 31.1 Å². The lowest BCUT2D eigenvalue weighted by atomic mass is 10.1. The molecule has 0 radical (unpaired) electrons. The number of carbonyl (C=O) groups excluding carboxylic acids is 1. The number of anilines is 1. The first-order chi connectivity index (χ1) is 15.6. The Kier molecular flexibility index (Phi) is 5.45. The predicted molar refractivity (Wildman–Crippen MR) is 120 cm³/mol. The molecule has 0 bridgehead atoms. The highest BCUT2D eigenvalue weighted by Gasteiger charge is 2.23. The Morgan fingerprint density at radius 3 is 2.47 bits per heavy atom. The molecule has 0 saturated carbocycles. The van der Waals surface area contributed by atoms with E-state index < -0.39 is 0 Å². The Balaban J connectivity index is 1.31. The van der Waals surface area contributed by atoms with Crippen LogP contribution in [0.4, 0.5) is 10.2 Å². The Labute approximate surface area is 189 Å². The first kappa shape index (κ1) is 20.4. The van der Waals surface area contributed by atoms with E-state index in [1.54, 1.807) is 28.8 Å². The van der Waals surface area contributed by atoms with Gasteiger partial charge in [-0.15, -0.1) is 15.3 Å². The molecule has 4 aromatic rings. The van der Waals surface area contributed by atoms with Crippen molar-refractivity contribution in [3.63, 3.8) is 0 Å². The molecule has 9 heteroatoms. The summed E-state index contributed by atoms with van der Waals surface area (Å²) in [5.74, 6) is 0.767. The van der Waals surface area contributed by atoms with Crippen LogP contribution in [-0.4, -0.2) is 56.8 Å². The van der Waals surface area contributed by atoms with Gasteiger partial charge in [0.05, 0.1) is 12.0 Å². The number of hydrogen-bond acceptors (Lipinski definition) is 5. The lowest BCUT2D eigenvalue weighted by Gasteiger charge is -2.35. The highest BCUT2D eigenvalue weighted by molar-refractivity contribution is 6.31. The van der Waals surface area contributed by atoms with Crippen molar-refractivity contribution in [2.45, 2.75) is 6.42 Å². The van der Waals surface area contributed by atoms with Gasteiger partial charge < -0.3 is 9.80 Å². The maximum Gasteiger partial charge on any atom is 0.227 e. The second-order valence-electron chi connectivity index (χ2n) is 7.60. The van der Waals surface area contributed by atoms with E-state index in [9.17, 15) is 9.18 Å². The van der Waals surface area contributed by atoms with Gasteiger partial charge in [-0.2, -0.15) is 4.52 Å². The predicted octanol–water partition coefficient (Wildman–Crippen LogP) is 3.48. The third kappa shape index (κ3) is 3.89. The topological polar surface area (TPSA) is 66.6 Å². The molecular formula is C23H20ClFN6O. The molecule has 2 aromatic heterocycles. The molecule has 0 spiro atoms. The van der Waals surface area contributed by atoms with Crippen LogP contribution in [0.1, 0.15) is 5.56 Å². The largest absolute Gasteiger partial charge is 0.352 e. The average molecular weight is 451 g/mol. The average Bonchev–Trinajstić information content (AvgIpc) is 3.24. The summed E-state index contributed by atoms with van der Waals surface area (Å²) in [7, 11) is 0.